The fourth-order valence-corrected chi connectivity index (χ4v) is 5.74. The van der Waals surface area contributed by atoms with Gasteiger partial charge in [-0.05, 0) is 68.3 Å². The van der Waals surface area contributed by atoms with E-state index in [0.717, 1.165) is 12.0 Å². The van der Waals surface area contributed by atoms with Crippen LogP contribution < -0.4 is 19.5 Å². The summed E-state index contributed by atoms with van der Waals surface area (Å²) in [6.07, 6.45) is 0.998. The molecule has 1 aliphatic rings. The zero-order chi connectivity index (χ0) is 29.4. The molecule has 1 amide bonds. The van der Waals surface area contributed by atoms with Gasteiger partial charge in [-0.3, -0.25) is 10.1 Å². The van der Waals surface area contributed by atoms with Crippen molar-refractivity contribution in [1.29, 1.82) is 0 Å². The van der Waals surface area contributed by atoms with E-state index >= 15 is 0 Å². The van der Waals surface area contributed by atoms with Crippen LogP contribution in [0.25, 0.3) is 11.5 Å². The minimum Gasteiger partial charge on any atom is -0.485 e. The number of rotatable bonds is 8. The van der Waals surface area contributed by atoms with Crippen molar-refractivity contribution < 1.29 is 32.2 Å². The molecule has 2 unspecified atom stereocenters. The van der Waals surface area contributed by atoms with Gasteiger partial charge in [-0.2, -0.15) is 4.98 Å². The molecule has 214 valence electrons. The molecule has 2 aromatic heterocycles. The number of fused-ring (bicyclic) bond motifs is 1. The molecule has 0 spiro atoms. The molecule has 41 heavy (non-hydrogen) atoms. The summed E-state index contributed by atoms with van der Waals surface area (Å²) in [5.41, 5.74) is 0.756. The second kappa shape index (κ2) is 11.0. The topological polar surface area (TPSA) is 153 Å². The predicted molar refractivity (Wildman–Crippen MR) is 150 cm³/mol. The number of sulfonamides is 1. The van der Waals surface area contributed by atoms with Gasteiger partial charge in [-0.25, -0.2) is 18.1 Å². The van der Waals surface area contributed by atoms with E-state index in [2.05, 4.69) is 20.0 Å². The van der Waals surface area contributed by atoms with Crippen molar-refractivity contribution in [2.24, 2.45) is 0 Å². The van der Waals surface area contributed by atoms with E-state index in [9.17, 15) is 18.3 Å². The lowest BCUT2D eigenvalue weighted by Gasteiger charge is -2.42. The molecule has 0 bridgehead atoms. The molecular weight excluding hydrogens is 548 g/mol. The molecule has 11 nitrogen and oxygen atoms in total. The van der Waals surface area contributed by atoms with Crippen molar-refractivity contribution in [2.75, 3.05) is 12.4 Å². The highest BCUT2D eigenvalue weighted by Gasteiger charge is 2.45. The summed E-state index contributed by atoms with van der Waals surface area (Å²) in [5, 5.41) is 13.8. The highest BCUT2D eigenvalue weighted by atomic mass is 32.2. The number of ether oxygens (including phenoxy) is 2. The molecule has 0 saturated carbocycles. The van der Waals surface area contributed by atoms with Gasteiger partial charge in [0.25, 0.3) is 5.91 Å². The molecule has 0 radical (unpaired) electrons. The number of nitrogens with zero attached hydrogens (tertiary/aromatic N) is 2. The third kappa shape index (κ3) is 5.80. The number of nitrogens with one attached hydrogen (secondary N) is 2. The highest BCUT2D eigenvalue weighted by Crippen LogP contribution is 2.41. The van der Waals surface area contributed by atoms with Crippen LogP contribution in [-0.4, -0.2) is 48.2 Å². The Hall–Kier alpha value is -4.26. The maximum Gasteiger partial charge on any atom is 0.258 e. The SMILES string of the molecule is CCc1ccc(S(=O)(=O)NC2c3cc(C(=O)Nc4nc(OC)cc(-c5ccco5)n4)ccc3OC(C)(C)C2O)cc1. The summed E-state index contributed by atoms with van der Waals surface area (Å²) in [5.74, 6) is 0.422. The number of hydrogen-bond donors (Lipinski definition) is 3. The Labute approximate surface area is 237 Å². The lowest BCUT2D eigenvalue weighted by atomic mass is 9.86. The Morgan fingerprint density at radius 2 is 1.85 bits per heavy atom. The van der Waals surface area contributed by atoms with Crippen LogP contribution in [0.1, 0.15) is 48.3 Å². The van der Waals surface area contributed by atoms with E-state index in [1.165, 1.54) is 37.6 Å². The Balaban J connectivity index is 1.46. The van der Waals surface area contributed by atoms with Crippen molar-refractivity contribution in [2.45, 2.75) is 49.8 Å². The normalized spacial score (nSPS) is 17.8. The van der Waals surface area contributed by atoms with Gasteiger partial charge in [-0.15, -0.1) is 0 Å². The van der Waals surface area contributed by atoms with Crippen molar-refractivity contribution in [3.05, 3.63) is 83.6 Å². The van der Waals surface area contributed by atoms with E-state index in [4.69, 9.17) is 13.9 Å². The van der Waals surface area contributed by atoms with Crippen LogP contribution in [-0.2, 0) is 16.4 Å². The molecule has 1 aliphatic heterocycles. The lowest BCUT2D eigenvalue weighted by molar-refractivity contribution is -0.0603. The average molecular weight is 579 g/mol. The minimum atomic E-state index is -4.04. The van der Waals surface area contributed by atoms with Gasteiger partial charge in [0.1, 0.15) is 23.1 Å². The summed E-state index contributed by atoms with van der Waals surface area (Å²) in [6.45, 7) is 5.30. The number of aliphatic hydroxyl groups excluding tert-OH is 1. The number of carbonyl (C=O) groups excluding carboxylic acids is 1. The number of anilines is 1. The third-order valence-electron chi connectivity index (χ3n) is 6.84. The van der Waals surface area contributed by atoms with Crippen LogP contribution >= 0.6 is 0 Å². The molecule has 3 N–H and O–H groups in total. The summed E-state index contributed by atoms with van der Waals surface area (Å²) in [4.78, 5) is 21.9. The van der Waals surface area contributed by atoms with Gasteiger partial charge in [-0.1, -0.05) is 19.1 Å². The number of aromatic nitrogens is 2. The molecule has 0 fully saturated rings. The number of methoxy groups -OCH3 is 1. The van der Waals surface area contributed by atoms with Gasteiger partial charge in [0.2, 0.25) is 21.9 Å². The lowest BCUT2D eigenvalue weighted by Crippen LogP contribution is -2.53. The molecule has 2 atom stereocenters. The monoisotopic (exact) mass is 578 g/mol. The fourth-order valence-electron chi connectivity index (χ4n) is 4.52. The van der Waals surface area contributed by atoms with Crippen LogP contribution in [0, 0.1) is 0 Å². The summed E-state index contributed by atoms with van der Waals surface area (Å²) >= 11 is 0. The second-order valence-corrected chi connectivity index (χ2v) is 11.8. The molecule has 0 aliphatic carbocycles. The zero-order valence-corrected chi connectivity index (χ0v) is 23.7. The number of furan rings is 1. The van der Waals surface area contributed by atoms with Crippen molar-refractivity contribution in [1.82, 2.24) is 14.7 Å². The van der Waals surface area contributed by atoms with Crippen LogP contribution in [0.2, 0.25) is 0 Å². The first kappa shape index (κ1) is 28.3. The largest absolute Gasteiger partial charge is 0.485 e. The average Bonchev–Trinajstić information content (AvgIpc) is 3.50. The first-order valence-corrected chi connectivity index (χ1v) is 14.4. The van der Waals surface area contributed by atoms with E-state index < -0.39 is 33.7 Å². The molecule has 4 aromatic rings. The zero-order valence-electron chi connectivity index (χ0n) is 22.9. The Kier molecular flexibility index (Phi) is 7.56. The van der Waals surface area contributed by atoms with Crippen LogP contribution in [0.5, 0.6) is 11.6 Å². The van der Waals surface area contributed by atoms with Crippen LogP contribution in [0.15, 0.2) is 76.2 Å². The Bertz CT molecular complexity index is 1670. The number of aryl methyl sites for hydroxylation is 1. The van der Waals surface area contributed by atoms with Crippen molar-refractivity contribution in [3.63, 3.8) is 0 Å². The first-order valence-electron chi connectivity index (χ1n) is 12.9. The number of aliphatic hydroxyl groups is 1. The maximum atomic E-state index is 13.3. The third-order valence-corrected chi connectivity index (χ3v) is 8.30. The number of amides is 1. The van der Waals surface area contributed by atoms with E-state index in [1.807, 2.05) is 6.92 Å². The highest BCUT2D eigenvalue weighted by molar-refractivity contribution is 7.89. The fraction of sp³-hybridized carbons (Fsp3) is 0.276. The first-order chi connectivity index (χ1) is 19.5. The standard InChI is InChI=1S/C29H30N4O7S/c1-5-17-8-11-19(12-9-17)41(36,37)33-25-20-15-18(10-13-22(20)40-29(2,3)26(25)34)27(35)32-28-30-21(16-24(31-28)38-4)23-7-6-14-39-23/h6-16,25-26,33-34H,5H2,1-4H3,(H,30,31,32,35). The van der Waals surface area contributed by atoms with Crippen molar-refractivity contribution in [3.8, 4) is 23.1 Å². The second-order valence-electron chi connectivity index (χ2n) is 10.0. The Morgan fingerprint density at radius 3 is 2.51 bits per heavy atom. The van der Waals surface area contributed by atoms with Gasteiger partial charge < -0.3 is 19.0 Å². The number of carbonyl (C=O) groups is 1. The number of benzene rings is 2. The summed E-state index contributed by atoms with van der Waals surface area (Å²) in [6, 6.07) is 15.0. The van der Waals surface area contributed by atoms with Gasteiger partial charge >= 0.3 is 0 Å². The van der Waals surface area contributed by atoms with Crippen LogP contribution in [0.4, 0.5) is 5.95 Å². The molecule has 5 rings (SSSR count). The number of hydrogen-bond acceptors (Lipinski definition) is 9. The molecule has 0 saturated heterocycles. The molecule has 12 heteroatoms. The van der Waals surface area contributed by atoms with E-state index in [-0.39, 0.29) is 22.3 Å². The van der Waals surface area contributed by atoms with Gasteiger partial charge in [0, 0.05) is 17.2 Å². The van der Waals surface area contributed by atoms with Crippen molar-refractivity contribution >= 4 is 21.9 Å². The van der Waals surface area contributed by atoms with E-state index in [1.54, 1.807) is 50.2 Å². The maximum absolute atomic E-state index is 13.3. The van der Waals surface area contributed by atoms with E-state index in [0.29, 0.717) is 22.8 Å². The smallest absolute Gasteiger partial charge is 0.258 e. The summed E-state index contributed by atoms with van der Waals surface area (Å²) < 4.78 is 45.9. The predicted octanol–water partition coefficient (Wildman–Crippen LogP) is 4.11. The molecular formula is C29H30N4O7S. The van der Waals surface area contributed by atoms with Gasteiger partial charge in [0.15, 0.2) is 5.76 Å². The summed E-state index contributed by atoms with van der Waals surface area (Å²) in [7, 11) is -2.60. The minimum absolute atomic E-state index is 0.0244. The molecule has 3 heterocycles. The van der Waals surface area contributed by atoms with Crippen LogP contribution in [0.3, 0.4) is 0 Å². The quantitative estimate of drug-likeness (QED) is 0.280. The molecule has 2 aromatic carbocycles. The Morgan fingerprint density at radius 1 is 1.10 bits per heavy atom. The van der Waals surface area contributed by atoms with Gasteiger partial charge in [0.05, 0.1) is 24.3 Å².